The van der Waals surface area contributed by atoms with Gasteiger partial charge in [0.15, 0.2) is 16.6 Å². The lowest BCUT2D eigenvalue weighted by molar-refractivity contribution is -0.154. The van der Waals surface area contributed by atoms with Crippen molar-refractivity contribution in [1.29, 1.82) is 0 Å². The van der Waals surface area contributed by atoms with E-state index in [1.807, 2.05) is 38.3 Å². The number of furan rings is 1. The number of fused-ring (bicyclic) bond motifs is 1. The molecule has 3 aromatic rings. The van der Waals surface area contributed by atoms with Crippen LogP contribution in [0.3, 0.4) is 0 Å². The minimum atomic E-state index is -2.43. The minimum absolute atomic E-state index is 0.0172. The fraction of sp³-hybridized carbons (Fsp3) is 0.674. The Morgan fingerprint density at radius 1 is 0.946 bits per heavy atom. The molecule has 0 amide bonds. The second-order valence-electron chi connectivity index (χ2n) is 19.4. The van der Waals surface area contributed by atoms with Crippen LogP contribution in [0.15, 0.2) is 47.1 Å². The molecule has 2 heterocycles. The molecule has 5 atom stereocenters. The van der Waals surface area contributed by atoms with E-state index in [0.29, 0.717) is 32.0 Å². The second-order valence-corrected chi connectivity index (χ2v) is 29.0. The topological polar surface area (TPSA) is 99.9 Å². The van der Waals surface area contributed by atoms with Crippen LogP contribution >= 0.6 is 0 Å². The molecule has 2 unspecified atom stereocenters. The fourth-order valence-corrected chi connectivity index (χ4v) is 9.48. The normalized spacial score (nSPS) is 19.6. The van der Waals surface area contributed by atoms with Gasteiger partial charge in [-0.15, -0.1) is 0 Å². The van der Waals surface area contributed by atoms with Gasteiger partial charge in [-0.05, 0) is 85.6 Å². The summed E-state index contributed by atoms with van der Waals surface area (Å²) in [6.07, 6.45) is 3.19. The summed E-state index contributed by atoms with van der Waals surface area (Å²) in [6.45, 7) is 33.7. The summed E-state index contributed by atoms with van der Waals surface area (Å²) >= 11 is 0. The maximum Gasteiger partial charge on any atom is 0.343 e. The SMILES string of the molecule is CCCC(c1coc2c(CO[Si](C)(C)C(C)(C)C)c(OCc3ccccc3)c(CC(C)C)cc12)C(O)C[C@@H](O[Si](C)(C)C(C)(C)C)[C@]1(C(=O)OCC)O[C@H]1CC. The molecular formula is C46H74O8Si2. The zero-order chi connectivity index (χ0) is 41.9. The molecule has 314 valence electrons. The molecule has 2 aromatic carbocycles. The summed E-state index contributed by atoms with van der Waals surface area (Å²) in [5.74, 6) is 0.488. The van der Waals surface area contributed by atoms with Crippen LogP contribution in [0.5, 0.6) is 5.75 Å². The van der Waals surface area contributed by atoms with Crippen molar-refractivity contribution >= 4 is 33.6 Å². The number of esters is 1. The minimum Gasteiger partial charge on any atom is -0.488 e. The largest absolute Gasteiger partial charge is 0.488 e. The van der Waals surface area contributed by atoms with Crippen LogP contribution in [0.1, 0.15) is 130 Å². The standard InChI is InChI=1S/C46H74O8Si2/c1-16-22-34(38(47)27-40(54-56(14,15)45(9,10)11)46(39(17-2)53-46)43(48)49-18-3)36-29-51-42-35(36)26-33(25-31(4)5)41(50-28-32-23-20-19-21-24-32)37(42)30-52-55(12,13)44(6,7)8/h19-21,23-24,26,29,31,34,38-40,47H,16-18,22,25,27-28,30H2,1-15H3/t34?,38?,39-,40+,46+/m0/s1. The van der Waals surface area contributed by atoms with Gasteiger partial charge in [0.05, 0.1) is 37.2 Å². The summed E-state index contributed by atoms with van der Waals surface area (Å²) in [5, 5.41) is 13.4. The Labute approximate surface area is 340 Å². The zero-order valence-electron chi connectivity index (χ0n) is 37.4. The second kappa shape index (κ2) is 18.2. The third-order valence-corrected chi connectivity index (χ3v) is 21.6. The van der Waals surface area contributed by atoms with Gasteiger partial charge >= 0.3 is 5.97 Å². The molecule has 8 nitrogen and oxygen atoms in total. The number of benzene rings is 2. The molecule has 1 aliphatic heterocycles. The fourth-order valence-electron chi connectivity index (χ4n) is 7.21. The van der Waals surface area contributed by atoms with Gasteiger partial charge in [0.1, 0.15) is 24.0 Å². The molecular weight excluding hydrogens is 737 g/mol. The highest BCUT2D eigenvalue weighted by Gasteiger charge is 2.69. The van der Waals surface area contributed by atoms with Crippen molar-refractivity contribution in [3.05, 3.63) is 64.9 Å². The van der Waals surface area contributed by atoms with Crippen LogP contribution in [0.25, 0.3) is 11.0 Å². The van der Waals surface area contributed by atoms with E-state index in [4.69, 9.17) is 27.5 Å². The highest BCUT2D eigenvalue weighted by atomic mass is 28.4. The van der Waals surface area contributed by atoms with Crippen molar-refractivity contribution in [2.75, 3.05) is 6.61 Å². The van der Waals surface area contributed by atoms with Gasteiger partial charge in [0.2, 0.25) is 5.60 Å². The van der Waals surface area contributed by atoms with Gasteiger partial charge in [-0.2, -0.15) is 0 Å². The number of hydrogen-bond acceptors (Lipinski definition) is 8. The first-order valence-corrected chi connectivity index (χ1v) is 26.9. The predicted octanol–water partition coefficient (Wildman–Crippen LogP) is 11.9. The van der Waals surface area contributed by atoms with E-state index in [-0.39, 0.29) is 35.1 Å². The Morgan fingerprint density at radius 2 is 1.59 bits per heavy atom. The Kier molecular flexibility index (Phi) is 15.0. The lowest BCUT2D eigenvalue weighted by Gasteiger charge is -2.41. The Bertz CT molecular complexity index is 1740. The summed E-state index contributed by atoms with van der Waals surface area (Å²) in [7, 11) is -4.59. The third kappa shape index (κ3) is 10.2. The average Bonchev–Trinajstić information content (AvgIpc) is 3.72. The molecule has 10 heteroatoms. The molecule has 0 bridgehead atoms. The van der Waals surface area contributed by atoms with Gasteiger partial charge in [-0.1, -0.05) is 106 Å². The summed E-state index contributed by atoms with van der Waals surface area (Å²) in [6, 6.07) is 12.5. The van der Waals surface area contributed by atoms with E-state index in [9.17, 15) is 9.90 Å². The number of carbonyl (C=O) groups excluding carboxylic acids is 1. The highest BCUT2D eigenvalue weighted by molar-refractivity contribution is 6.74. The molecule has 0 aliphatic carbocycles. The predicted molar refractivity (Wildman–Crippen MR) is 232 cm³/mol. The number of carbonyl (C=O) groups is 1. The monoisotopic (exact) mass is 810 g/mol. The number of hydrogen-bond donors (Lipinski definition) is 1. The first kappa shape index (κ1) is 46.2. The van der Waals surface area contributed by atoms with Crippen LogP contribution in [0, 0.1) is 5.92 Å². The number of aliphatic hydroxyl groups excluding tert-OH is 1. The molecule has 4 rings (SSSR count). The quantitative estimate of drug-likeness (QED) is 0.0684. The van der Waals surface area contributed by atoms with Crippen LogP contribution < -0.4 is 4.74 Å². The number of ether oxygens (including phenoxy) is 3. The smallest absolute Gasteiger partial charge is 0.343 e. The third-order valence-electron chi connectivity index (χ3n) is 12.6. The van der Waals surface area contributed by atoms with Gasteiger partial charge in [-0.25, -0.2) is 4.79 Å². The van der Waals surface area contributed by atoms with Crippen LogP contribution in [0.4, 0.5) is 0 Å². The van der Waals surface area contributed by atoms with Crippen molar-refractivity contribution in [3.63, 3.8) is 0 Å². The van der Waals surface area contributed by atoms with Crippen LogP contribution in [0.2, 0.25) is 36.3 Å². The van der Waals surface area contributed by atoms with Crippen molar-refractivity contribution in [2.24, 2.45) is 5.92 Å². The molecule has 1 aromatic heterocycles. The van der Waals surface area contributed by atoms with Crippen molar-refractivity contribution in [2.45, 2.75) is 188 Å². The zero-order valence-corrected chi connectivity index (χ0v) is 39.4. The molecule has 0 spiro atoms. The summed E-state index contributed by atoms with van der Waals surface area (Å²) < 4.78 is 39.3. The number of aliphatic hydroxyl groups is 1. The molecule has 0 radical (unpaired) electrons. The van der Waals surface area contributed by atoms with E-state index < -0.39 is 40.4 Å². The van der Waals surface area contributed by atoms with Crippen molar-refractivity contribution in [3.8, 4) is 5.75 Å². The van der Waals surface area contributed by atoms with E-state index in [1.54, 1.807) is 0 Å². The molecule has 1 fully saturated rings. The van der Waals surface area contributed by atoms with E-state index >= 15 is 0 Å². The van der Waals surface area contributed by atoms with Crippen LogP contribution in [-0.4, -0.2) is 58.2 Å². The molecule has 56 heavy (non-hydrogen) atoms. The lowest BCUT2D eigenvalue weighted by Crippen LogP contribution is -2.53. The van der Waals surface area contributed by atoms with Gasteiger partial charge < -0.3 is 32.6 Å². The van der Waals surface area contributed by atoms with E-state index in [2.05, 4.69) is 107 Å². The average molecular weight is 811 g/mol. The Morgan fingerprint density at radius 3 is 2.12 bits per heavy atom. The molecule has 1 saturated heterocycles. The molecule has 0 saturated carbocycles. The number of rotatable bonds is 20. The van der Waals surface area contributed by atoms with Crippen LogP contribution in [-0.2, 0) is 42.8 Å². The maximum atomic E-state index is 13.8. The van der Waals surface area contributed by atoms with E-state index in [1.165, 1.54) is 0 Å². The molecule has 1 aliphatic rings. The molecule has 1 N–H and O–H groups in total. The number of epoxide rings is 1. The summed E-state index contributed by atoms with van der Waals surface area (Å²) in [4.78, 5) is 13.8. The van der Waals surface area contributed by atoms with E-state index in [0.717, 1.165) is 51.8 Å². The summed E-state index contributed by atoms with van der Waals surface area (Å²) in [5.41, 5.74) is 3.53. The van der Waals surface area contributed by atoms with Crippen molar-refractivity contribution in [1.82, 2.24) is 0 Å². The Hall–Kier alpha value is -2.48. The van der Waals surface area contributed by atoms with Crippen molar-refractivity contribution < 1.29 is 37.4 Å². The lowest BCUT2D eigenvalue weighted by atomic mass is 9.83. The van der Waals surface area contributed by atoms with Gasteiger partial charge in [0, 0.05) is 23.3 Å². The maximum absolute atomic E-state index is 13.8. The van der Waals surface area contributed by atoms with Gasteiger partial charge in [-0.3, -0.25) is 0 Å². The Balaban J connectivity index is 1.86. The first-order valence-electron chi connectivity index (χ1n) is 21.1. The highest BCUT2D eigenvalue weighted by Crippen LogP contribution is 2.50. The first-order chi connectivity index (χ1) is 26.0. The van der Waals surface area contributed by atoms with Gasteiger partial charge in [0.25, 0.3) is 0 Å².